The van der Waals surface area contributed by atoms with E-state index in [4.69, 9.17) is 11.6 Å². The number of amides is 2. The molecule has 7 heteroatoms. The van der Waals surface area contributed by atoms with E-state index < -0.39 is 5.41 Å². The third-order valence-electron chi connectivity index (χ3n) is 4.52. The summed E-state index contributed by atoms with van der Waals surface area (Å²) in [4.78, 5) is 29.0. The molecular weight excluding hydrogens is 358 g/mol. The minimum Gasteiger partial charge on any atom is -0.350 e. The lowest BCUT2D eigenvalue weighted by Crippen LogP contribution is -2.49. The second-order valence-corrected chi connectivity index (χ2v) is 7.79. The van der Waals surface area contributed by atoms with Crippen LogP contribution in [0.4, 0.5) is 0 Å². The summed E-state index contributed by atoms with van der Waals surface area (Å²) in [6, 6.07) is 7.40. The second-order valence-electron chi connectivity index (χ2n) is 6.62. The van der Waals surface area contributed by atoms with Crippen LogP contribution in [0.5, 0.6) is 0 Å². The minimum atomic E-state index is -0.732. The molecule has 5 nitrogen and oxygen atoms in total. The summed E-state index contributed by atoms with van der Waals surface area (Å²) < 4.78 is 0. The molecule has 1 aromatic carbocycles. The van der Waals surface area contributed by atoms with E-state index in [0.717, 1.165) is 16.1 Å². The monoisotopic (exact) mass is 377 g/mol. The lowest BCUT2D eigenvalue weighted by Gasteiger charge is -2.27. The molecule has 2 N–H and O–H groups in total. The van der Waals surface area contributed by atoms with E-state index in [0.29, 0.717) is 6.42 Å². The van der Waals surface area contributed by atoms with E-state index >= 15 is 0 Å². The molecule has 3 rings (SSSR count). The van der Waals surface area contributed by atoms with Crippen molar-refractivity contribution in [2.45, 2.75) is 37.8 Å². The fourth-order valence-electron chi connectivity index (χ4n) is 3.10. The van der Waals surface area contributed by atoms with Crippen LogP contribution in [0.1, 0.15) is 36.0 Å². The molecule has 0 fully saturated rings. The van der Waals surface area contributed by atoms with Gasteiger partial charge in [0.2, 0.25) is 11.8 Å². The van der Waals surface area contributed by atoms with Crippen molar-refractivity contribution in [3.8, 4) is 0 Å². The van der Waals surface area contributed by atoms with Crippen molar-refractivity contribution in [3.05, 3.63) is 52.0 Å². The Bertz CT molecular complexity index is 776. The van der Waals surface area contributed by atoms with Gasteiger partial charge in [-0.25, -0.2) is 4.98 Å². The topological polar surface area (TPSA) is 71.1 Å². The van der Waals surface area contributed by atoms with Gasteiger partial charge in [0.1, 0.15) is 10.9 Å². The molecule has 1 aliphatic rings. The first kappa shape index (κ1) is 17.9. The largest absolute Gasteiger partial charge is 0.350 e. The Hall–Kier alpha value is -1.92. The third-order valence-corrected chi connectivity index (χ3v) is 5.86. The Balaban J connectivity index is 1.81. The quantitative estimate of drug-likeness (QED) is 0.786. The van der Waals surface area contributed by atoms with Crippen LogP contribution in [0.2, 0.25) is 0 Å². The number of fused-ring (bicyclic) bond motifs is 1. The van der Waals surface area contributed by atoms with Crippen LogP contribution in [0.25, 0.3) is 0 Å². The number of halogens is 1. The average molecular weight is 378 g/mol. The maximum absolute atomic E-state index is 12.9. The summed E-state index contributed by atoms with van der Waals surface area (Å²) in [5, 5.41) is 8.66. The second kappa shape index (κ2) is 7.14. The van der Waals surface area contributed by atoms with Gasteiger partial charge >= 0.3 is 0 Å². The van der Waals surface area contributed by atoms with E-state index in [-0.39, 0.29) is 29.8 Å². The van der Waals surface area contributed by atoms with Gasteiger partial charge in [0.25, 0.3) is 0 Å². The molecule has 1 aliphatic carbocycles. The number of carbonyl (C=O) groups excluding carboxylic acids is 2. The molecule has 2 amide bonds. The standard InChI is InChI=1S/C18H20ClN3O2S/c1-18(2,17-20-7-8-25-17)16(24)21-13-9-11-5-3-4-6-12(11)15(13)22-14(23)10-19/h3-8,13,15H,9-10H2,1-2H3,(H,21,24)(H,22,23)/t13-,15-/m1/s1. The summed E-state index contributed by atoms with van der Waals surface area (Å²) in [5.74, 6) is -0.462. The third kappa shape index (κ3) is 3.55. The van der Waals surface area contributed by atoms with Gasteiger partial charge < -0.3 is 10.6 Å². The predicted octanol–water partition coefficient (Wildman–Crippen LogP) is 2.56. The van der Waals surface area contributed by atoms with E-state index in [9.17, 15) is 9.59 Å². The van der Waals surface area contributed by atoms with E-state index in [1.54, 1.807) is 6.20 Å². The molecule has 1 aromatic heterocycles. The Morgan fingerprint density at radius 2 is 2.08 bits per heavy atom. The highest BCUT2D eigenvalue weighted by atomic mass is 35.5. The van der Waals surface area contributed by atoms with Gasteiger partial charge in [-0.15, -0.1) is 22.9 Å². The summed E-state index contributed by atoms with van der Waals surface area (Å²) in [5.41, 5.74) is 1.42. The minimum absolute atomic E-state index is 0.106. The molecule has 0 saturated carbocycles. The number of benzene rings is 1. The van der Waals surface area contributed by atoms with E-state index in [1.165, 1.54) is 11.3 Å². The summed E-state index contributed by atoms with van der Waals surface area (Å²) in [6.07, 6.45) is 2.37. The summed E-state index contributed by atoms with van der Waals surface area (Å²) in [7, 11) is 0. The lowest BCUT2D eigenvalue weighted by molar-refractivity contribution is -0.127. The van der Waals surface area contributed by atoms with Gasteiger partial charge in [0, 0.05) is 11.6 Å². The molecule has 0 bridgehead atoms. The first-order valence-corrected chi connectivity index (χ1v) is 9.49. The molecule has 132 valence electrons. The number of nitrogens with one attached hydrogen (secondary N) is 2. The zero-order chi connectivity index (χ0) is 18.0. The van der Waals surface area contributed by atoms with Crippen LogP contribution < -0.4 is 10.6 Å². The van der Waals surface area contributed by atoms with Crippen molar-refractivity contribution < 1.29 is 9.59 Å². The average Bonchev–Trinajstić information content (AvgIpc) is 3.24. The maximum atomic E-state index is 12.9. The molecule has 25 heavy (non-hydrogen) atoms. The molecule has 0 aliphatic heterocycles. The Morgan fingerprint density at radius 3 is 2.76 bits per heavy atom. The number of carbonyl (C=O) groups is 2. The van der Waals surface area contributed by atoms with Crippen LogP contribution in [0, 0.1) is 0 Å². The fraction of sp³-hybridized carbons (Fsp3) is 0.389. The van der Waals surface area contributed by atoms with Gasteiger partial charge in [-0.05, 0) is 31.4 Å². The van der Waals surface area contributed by atoms with Crippen LogP contribution in [-0.4, -0.2) is 28.7 Å². The van der Waals surface area contributed by atoms with Crippen molar-refractivity contribution in [1.82, 2.24) is 15.6 Å². The normalized spacial score (nSPS) is 19.3. The van der Waals surface area contributed by atoms with Crippen LogP contribution in [0.15, 0.2) is 35.8 Å². The first-order valence-electron chi connectivity index (χ1n) is 8.07. The maximum Gasteiger partial charge on any atom is 0.235 e. The van der Waals surface area contributed by atoms with Crippen molar-refractivity contribution in [3.63, 3.8) is 0 Å². The van der Waals surface area contributed by atoms with Gasteiger partial charge in [-0.3, -0.25) is 9.59 Å². The summed E-state index contributed by atoms with van der Waals surface area (Å²) >= 11 is 7.10. The molecular formula is C18H20ClN3O2S. The van der Waals surface area contributed by atoms with E-state index in [2.05, 4.69) is 15.6 Å². The van der Waals surface area contributed by atoms with Crippen LogP contribution >= 0.6 is 22.9 Å². The number of hydrogen-bond donors (Lipinski definition) is 2. The van der Waals surface area contributed by atoms with Crippen molar-refractivity contribution >= 4 is 34.8 Å². The molecule has 0 unspecified atom stereocenters. The molecule has 0 saturated heterocycles. The summed E-state index contributed by atoms with van der Waals surface area (Å²) in [6.45, 7) is 3.71. The van der Waals surface area contributed by atoms with Gasteiger partial charge in [0.15, 0.2) is 0 Å². The smallest absolute Gasteiger partial charge is 0.235 e. The predicted molar refractivity (Wildman–Crippen MR) is 98.8 cm³/mol. The van der Waals surface area contributed by atoms with Gasteiger partial charge in [-0.2, -0.15) is 0 Å². The lowest BCUT2D eigenvalue weighted by atomic mass is 9.92. The zero-order valence-corrected chi connectivity index (χ0v) is 15.7. The fourth-order valence-corrected chi connectivity index (χ4v) is 3.93. The van der Waals surface area contributed by atoms with E-state index in [1.807, 2.05) is 43.5 Å². The SMILES string of the molecule is CC(C)(C(=O)N[C@@H]1Cc2ccccc2[C@H]1NC(=O)CCl)c1nccs1. The van der Waals surface area contributed by atoms with Crippen molar-refractivity contribution in [2.75, 3.05) is 5.88 Å². The number of alkyl halides is 1. The highest BCUT2D eigenvalue weighted by molar-refractivity contribution is 7.09. The van der Waals surface area contributed by atoms with Crippen LogP contribution in [0.3, 0.4) is 0 Å². The van der Waals surface area contributed by atoms with Gasteiger partial charge in [-0.1, -0.05) is 24.3 Å². The Morgan fingerprint density at radius 1 is 1.32 bits per heavy atom. The van der Waals surface area contributed by atoms with Crippen molar-refractivity contribution in [2.24, 2.45) is 0 Å². The number of rotatable bonds is 5. The highest BCUT2D eigenvalue weighted by Gasteiger charge is 2.39. The molecule has 0 radical (unpaired) electrons. The molecule has 0 spiro atoms. The van der Waals surface area contributed by atoms with Gasteiger partial charge in [0.05, 0.1) is 17.5 Å². The number of hydrogen-bond acceptors (Lipinski definition) is 4. The molecule has 1 heterocycles. The number of aromatic nitrogens is 1. The molecule has 2 atom stereocenters. The van der Waals surface area contributed by atoms with Crippen molar-refractivity contribution in [1.29, 1.82) is 0 Å². The number of nitrogens with zero attached hydrogens (tertiary/aromatic N) is 1. The Labute approximate surface area is 155 Å². The number of thiazole rings is 1. The zero-order valence-electron chi connectivity index (χ0n) is 14.1. The first-order chi connectivity index (χ1) is 11.9. The highest BCUT2D eigenvalue weighted by Crippen LogP contribution is 2.33. The van der Waals surface area contributed by atoms with Crippen LogP contribution in [-0.2, 0) is 21.4 Å². The Kier molecular flexibility index (Phi) is 5.11. The molecule has 2 aromatic rings.